The van der Waals surface area contributed by atoms with Crippen LogP contribution in [0.25, 0.3) is 0 Å². The van der Waals surface area contributed by atoms with Crippen molar-refractivity contribution < 1.29 is 0 Å². The number of benzene rings is 2. The summed E-state index contributed by atoms with van der Waals surface area (Å²) in [6.07, 6.45) is 7.15. The number of hydrogen-bond acceptors (Lipinski definition) is 0. The topological polar surface area (TPSA) is 0 Å². The smallest absolute Gasteiger partial charge is 0.0305 e. The fourth-order valence-corrected chi connectivity index (χ4v) is 3.26. The first kappa shape index (κ1) is 14.8. The molecule has 1 aliphatic carbocycles. The van der Waals surface area contributed by atoms with Crippen molar-refractivity contribution in [2.75, 3.05) is 0 Å². The molecule has 0 nitrogen and oxygen atoms in total. The van der Waals surface area contributed by atoms with Crippen LogP contribution < -0.4 is 0 Å². The monoisotopic (exact) mass is 288 g/mol. The lowest BCUT2D eigenvalue weighted by Gasteiger charge is -2.20. The van der Waals surface area contributed by atoms with E-state index in [1.165, 1.54) is 28.7 Å². The van der Waals surface area contributed by atoms with Crippen LogP contribution in [0, 0.1) is 5.92 Å². The predicted octanol–water partition coefficient (Wildman–Crippen LogP) is 6.12. The molecule has 112 valence electrons. The lowest BCUT2D eigenvalue weighted by atomic mass is 9.84. The lowest BCUT2D eigenvalue weighted by molar-refractivity contribution is 0.671. The summed E-state index contributed by atoms with van der Waals surface area (Å²) >= 11 is 0. The first-order valence-corrected chi connectivity index (χ1v) is 8.30. The molecule has 2 aromatic rings. The summed E-state index contributed by atoms with van der Waals surface area (Å²) < 4.78 is 0. The Kier molecular flexibility index (Phi) is 4.58. The van der Waals surface area contributed by atoms with Crippen molar-refractivity contribution >= 4 is 0 Å². The molecule has 0 aromatic heterocycles. The van der Waals surface area contributed by atoms with Crippen LogP contribution in [0.3, 0.4) is 0 Å². The molecule has 0 amide bonds. The van der Waals surface area contributed by atoms with Crippen LogP contribution in [-0.2, 0) is 0 Å². The Labute approximate surface area is 134 Å². The van der Waals surface area contributed by atoms with Crippen LogP contribution in [0.15, 0.2) is 84.0 Å². The molecular formula is C22H24. The molecule has 0 aliphatic heterocycles. The van der Waals surface area contributed by atoms with Crippen molar-refractivity contribution in [2.24, 2.45) is 5.92 Å². The highest BCUT2D eigenvalue weighted by atomic mass is 14.3. The van der Waals surface area contributed by atoms with Gasteiger partial charge in [-0.15, -0.1) is 0 Å². The van der Waals surface area contributed by atoms with Gasteiger partial charge in [-0.3, -0.25) is 0 Å². The van der Waals surface area contributed by atoms with Crippen molar-refractivity contribution in [1.29, 1.82) is 0 Å². The Morgan fingerprint density at radius 1 is 0.864 bits per heavy atom. The van der Waals surface area contributed by atoms with Crippen LogP contribution in [0.2, 0.25) is 0 Å². The first-order valence-electron chi connectivity index (χ1n) is 8.30. The maximum Gasteiger partial charge on any atom is 0.0305 e. The van der Waals surface area contributed by atoms with Crippen molar-refractivity contribution in [3.63, 3.8) is 0 Å². The Balaban J connectivity index is 1.98. The Morgan fingerprint density at radius 3 is 1.91 bits per heavy atom. The van der Waals surface area contributed by atoms with E-state index in [4.69, 9.17) is 0 Å². The number of allylic oxidation sites excluding steroid dienone is 4. The predicted molar refractivity (Wildman–Crippen MR) is 95.0 cm³/mol. The SMILES string of the molecule is CCC(C)C1=CCC(C(c2ccccc2)c2ccccc2)=C1. The summed E-state index contributed by atoms with van der Waals surface area (Å²) in [5.41, 5.74) is 5.81. The third-order valence-electron chi connectivity index (χ3n) is 4.74. The second-order valence-corrected chi connectivity index (χ2v) is 6.19. The molecule has 0 fully saturated rings. The Hall–Kier alpha value is -2.08. The zero-order valence-electron chi connectivity index (χ0n) is 13.5. The van der Waals surface area contributed by atoms with Crippen molar-refractivity contribution in [3.8, 4) is 0 Å². The fraction of sp³-hybridized carbons (Fsp3) is 0.273. The van der Waals surface area contributed by atoms with Crippen LogP contribution >= 0.6 is 0 Å². The minimum absolute atomic E-state index is 0.375. The Bertz CT molecular complexity index is 622. The normalized spacial score (nSPS) is 15.6. The molecule has 1 atom stereocenters. The molecular weight excluding hydrogens is 264 g/mol. The summed E-state index contributed by atoms with van der Waals surface area (Å²) in [7, 11) is 0. The molecule has 0 saturated heterocycles. The van der Waals surface area contributed by atoms with Gasteiger partial charge in [0.25, 0.3) is 0 Å². The summed E-state index contributed by atoms with van der Waals surface area (Å²) in [4.78, 5) is 0. The van der Waals surface area contributed by atoms with Crippen molar-refractivity contribution in [1.82, 2.24) is 0 Å². The third kappa shape index (κ3) is 3.06. The van der Waals surface area contributed by atoms with E-state index < -0.39 is 0 Å². The van der Waals surface area contributed by atoms with Crippen LogP contribution in [-0.4, -0.2) is 0 Å². The van der Waals surface area contributed by atoms with Gasteiger partial charge < -0.3 is 0 Å². The van der Waals surface area contributed by atoms with Gasteiger partial charge in [-0.25, -0.2) is 0 Å². The minimum atomic E-state index is 0.375. The molecule has 2 aromatic carbocycles. The fourth-order valence-electron chi connectivity index (χ4n) is 3.26. The van der Waals surface area contributed by atoms with Gasteiger partial charge in [-0.1, -0.05) is 92.2 Å². The van der Waals surface area contributed by atoms with Gasteiger partial charge in [0.15, 0.2) is 0 Å². The van der Waals surface area contributed by atoms with Gasteiger partial charge >= 0.3 is 0 Å². The summed E-state index contributed by atoms with van der Waals surface area (Å²) in [5, 5.41) is 0. The van der Waals surface area contributed by atoms with E-state index in [-0.39, 0.29) is 0 Å². The molecule has 0 heteroatoms. The van der Waals surface area contributed by atoms with E-state index >= 15 is 0 Å². The maximum absolute atomic E-state index is 2.44. The minimum Gasteiger partial charge on any atom is -0.0769 e. The molecule has 0 radical (unpaired) electrons. The molecule has 0 spiro atoms. The van der Waals surface area contributed by atoms with E-state index in [9.17, 15) is 0 Å². The Morgan fingerprint density at radius 2 is 1.41 bits per heavy atom. The summed E-state index contributed by atoms with van der Waals surface area (Å²) in [5.74, 6) is 1.03. The quantitative estimate of drug-likeness (QED) is 0.621. The van der Waals surface area contributed by atoms with Gasteiger partial charge in [0.05, 0.1) is 0 Å². The average Bonchev–Trinajstić information content (AvgIpc) is 3.06. The van der Waals surface area contributed by atoms with E-state index in [1.54, 1.807) is 0 Å². The summed E-state index contributed by atoms with van der Waals surface area (Å²) in [6, 6.07) is 21.8. The standard InChI is InChI=1S/C22H24/c1-3-17(2)20-14-15-21(16-20)22(18-10-6-4-7-11-18)19-12-8-5-9-13-19/h4-14,16-17,22H,3,15H2,1-2H3. The third-order valence-corrected chi connectivity index (χ3v) is 4.74. The van der Waals surface area contributed by atoms with E-state index in [2.05, 4.69) is 86.7 Å². The van der Waals surface area contributed by atoms with Crippen LogP contribution in [0.1, 0.15) is 43.7 Å². The van der Waals surface area contributed by atoms with E-state index in [0.29, 0.717) is 11.8 Å². The molecule has 0 saturated carbocycles. The molecule has 1 aliphatic rings. The zero-order valence-corrected chi connectivity index (χ0v) is 13.5. The van der Waals surface area contributed by atoms with Crippen molar-refractivity contribution in [2.45, 2.75) is 32.6 Å². The highest BCUT2D eigenvalue weighted by molar-refractivity contribution is 5.47. The van der Waals surface area contributed by atoms with Gasteiger partial charge in [-0.05, 0) is 35.5 Å². The molecule has 1 unspecified atom stereocenters. The van der Waals surface area contributed by atoms with Gasteiger partial charge in [0.2, 0.25) is 0 Å². The molecule has 0 N–H and O–H groups in total. The number of rotatable bonds is 5. The van der Waals surface area contributed by atoms with Crippen LogP contribution in [0.5, 0.6) is 0 Å². The average molecular weight is 288 g/mol. The second kappa shape index (κ2) is 6.79. The molecule has 0 heterocycles. The van der Waals surface area contributed by atoms with Gasteiger partial charge in [0.1, 0.15) is 0 Å². The highest BCUT2D eigenvalue weighted by Gasteiger charge is 2.22. The van der Waals surface area contributed by atoms with E-state index in [1.807, 2.05) is 0 Å². The maximum atomic E-state index is 2.44. The van der Waals surface area contributed by atoms with Gasteiger partial charge in [-0.2, -0.15) is 0 Å². The zero-order chi connectivity index (χ0) is 15.4. The molecule has 0 bridgehead atoms. The van der Waals surface area contributed by atoms with Crippen LogP contribution in [0.4, 0.5) is 0 Å². The van der Waals surface area contributed by atoms with E-state index in [0.717, 1.165) is 6.42 Å². The number of hydrogen-bond donors (Lipinski definition) is 0. The van der Waals surface area contributed by atoms with Crippen molar-refractivity contribution in [3.05, 3.63) is 95.1 Å². The highest BCUT2D eigenvalue weighted by Crippen LogP contribution is 2.38. The second-order valence-electron chi connectivity index (χ2n) is 6.19. The first-order chi connectivity index (χ1) is 10.8. The van der Waals surface area contributed by atoms with Gasteiger partial charge in [0, 0.05) is 5.92 Å². The largest absolute Gasteiger partial charge is 0.0769 e. The molecule has 3 rings (SSSR count). The molecule has 22 heavy (non-hydrogen) atoms. The summed E-state index contributed by atoms with van der Waals surface area (Å²) in [6.45, 7) is 4.59. The lowest BCUT2D eigenvalue weighted by Crippen LogP contribution is -2.03.